The van der Waals surface area contributed by atoms with E-state index in [0.717, 1.165) is 12.8 Å². The molecular weight excluding hydrogens is 301 g/mol. The first-order valence-corrected chi connectivity index (χ1v) is 7.46. The Morgan fingerprint density at radius 2 is 1.95 bits per heavy atom. The van der Waals surface area contributed by atoms with Crippen molar-refractivity contribution in [2.45, 2.75) is 63.8 Å². The molecule has 2 atom stereocenters. The summed E-state index contributed by atoms with van der Waals surface area (Å²) in [6.07, 6.45) is -1.93. The van der Waals surface area contributed by atoms with E-state index >= 15 is 0 Å². The topological polar surface area (TPSA) is 69.6 Å². The van der Waals surface area contributed by atoms with Gasteiger partial charge in [0.15, 0.2) is 5.60 Å². The van der Waals surface area contributed by atoms with Gasteiger partial charge in [0.1, 0.15) is 6.04 Å². The fraction of sp³-hybridized carbons (Fsp3) is 0.857. The van der Waals surface area contributed by atoms with E-state index in [9.17, 15) is 27.9 Å². The lowest BCUT2D eigenvalue weighted by atomic mass is 10.00. The summed E-state index contributed by atoms with van der Waals surface area (Å²) in [6, 6.07) is -0.753. The van der Waals surface area contributed by atoms with E-state index in [1.54, 1.807) is 0 Å². The first kappa shape index (κ1) is 18.7. The average molecular weight is 324 g/mol. The molecule has 0 aromatic heterocycles. The number of piperidine rings is 1. The van der Waals surface area contributed by atoms with Gasteiger partial charge in [-0.3, -0.25) is 9.59 Å². The van der Waals surface area contributed by atoms with Crippen LogP contribution in [0, 0.1) is 0 Å². The molecule has 128 valence electrons. The summed E-state index contributed by atoms with van der Waals surface area (Å²) >= 11 is 0. The molecule has 0 aromatic rings. The molecule has 1 heterocycles. The van der Waals surface area contributed by atoms with Crippen molar-refractivity contribution in [3.8, 4) is 0 Å². The second-order valence-electron chi connectivity index (χ2n) is 5.84. The summed E-state index contributed by atoms with van der Waals surface area (Å²) in [5.41, 5.74) is -2.99. The zero-order valence-electron chi connectivity index (χ0n) is 12.9. The molecule has 1 aliphatic rings. The highest BCUT2D eigenvalue weighted by molar-refractivity contribution is 5.87. The smallest absolute Gasteiger partial charge is 0.379 e. The lowest BCUT2D eigenvalue weighted by Gasteiger charge is -2.35. The molecule has 1 aliphatic heterocycles. The fourth-order valence-corrected chi connectivity index (χ4v) is 2.34. The number of alkyl halides is 3. The predicted molar refractivity (Wildman–Crippen MR) is 73.9 cm³/mol. The molecule has 0 aliphatic carbocycles. The number of halogens is 3. The number of carbonyl (C=O) groups is 2. The molecule has 2 amide bonds. The summed E-state index contributed by atoms with van der Waals surface area (Å²) in [5.74, 6) is -0.807. The van der Waals surface area contributed by atoms with Crippen LogP contribution in [0.3, 0.4) is 0 Å². The Balaban J connectivity index is 2.67. The van der Waals surface area contributed by atoms with Crippen molar-refractivity contribution in [1.29, 1.82) is 0 Å². The van der Waals surface area contributed by atoms with Gasteiger partial charge in [-0.25, -0.2) is 0 Å². The maximum atomic E-state index is 12.6. The second kappa shape index (κ2) is 7.30. The van der Waals surface area contributed by atoms with E-state index < -0.39 is 30.3 Å². The molecule has 0 saturated carbocycles. The molecule has 0 bridgehead atoms. The summed E-state index contributed by atoms with van der Waals surface area (Å²) in [5, 5.41) is 11.5. The lowest BCUT2D eigenvalue weighted by Crippen LogP contribution is -2.56. The standard InChI is InChI=1S/C14H23F3N2O3/c1-3-6-11(20)19-8-5-4-7-10(19)12(21)18-9-13(2,22)14(15,16)17/h10,22H,3-9H2,1-2H3,(H,18,21). The molecule has 1 rings (SSSR count). The minimum Gasteiger partial charge on any atom is -0.379 e. The fourth-order valence-electron chi connectivity index (χ4n) is 2.34. The van der Waals surface area contributed by atoms with Crippen molar-refractivity contribution >= 4 is 11.8 Å². The number of carbonyl (C=O) groups excluding carboxylic acids is 2. The first-order chi connectivity index (χ1) is 10.1. The van der Waals surface area contributed by atoms with Crippen LogP contribution in [0.4, 0.5) is 13.2 Å². The Labute approximate surface area is 127 Å². The molecule has 0 spiro atoms. The number of likely N-dealkylation sites (tertiary alicyclic amines) is 1. The molecule has 5 nitrogen and oxygen atoms in total. The van der Waals surface area contributed by atoms with E-state index in [1.165, 1.54) is 4.90 Å². The van der Waals surface area contributed by atoms with Gasteiger partial charge in [0, 0.05) is 13.0 Å². The Morgan fingerprint density at radius 3 is 2.50 bits per heavy atom. The van der Waals surface area contributed by atoms with Gasteiger partial charge < -0.3 is 15.3 Å². The highest BCUT2D eigenvalue weighted by atomic mass is 19.4. The largest absolute Gasteiger partial charge is 0.418 e. The van der Waals surface area contributed by atoms with E-state index in [1.807, 2.05) is 6.92 Å². The number of aliphatic hydroxyl groups is 1. The third kappa shape index (κ3) is 4.59. The van der Waals surface area contributed by atoms with Gasteiger partial charge in [-0.1, -0.05) is 6.92 Å². The molecular formula is C14H23F3N2O3. The highest BCUT2D eigenvalue weighted by Gasteiger charge is 2.50. The van der Waals surface area contributed by atoms with Crippen LogP contribution >= 0.6 is 0 Å². The van der Waals surface area contributed by atoms with Gasteiger partial charge in [-0.05, 0) is 32.6 Å². The second-order valence-corrected chi connectivity index (χ2v) is 5.84. The van der Waals surface area contributed by atoms with Crippen molar-refractivity contribution < 1.29 is 27.9 Å². The Morgan fingerprint density at radius 1 is 1.32 bits per heavy atom. The van der Waals surface area contributed by atoms with Gasteiger partial charge in [-0.15, -0.1) is 0 Å². The van der Waals surface area contributed by atoms with Crippen LogP contribution < -0.4 is 5.32 Å². The highest BCUT2D eigenvalue weighted by Crippen LogP contribution is 2.29. The van der Waals surface area contributed by atoms with Crippen LogP contribution in [0.25, 0.3) is 0 Å². The summed E-state index contributed by atoms with van der Waals surface area (Å²) < 4.78 is 37.7. The molecule has 1 saturated heterocycles. The van der Waals surface area contributed by atoms with Gasteiger partial charge in [0.2, 0.25) is 11.8 Å². The van der Waals surface area contributed by atoms with Crippen LogP contribution in [0.2, 0.25) is 0 Å². The van der Waals surface area contributed by atoms with Gasteiger partial charge in [0.25, 0.3) is 0 Å². The van der Waals surface area contributed by atoms with Gasteiger partial charge in [0.05, 0.1) is 6.54 Å². The number of hydrogen-bond acceptors (Lipinski definition) is 3. The Hall–Kier alpha value is -1.31. The predicted octanol–water partition coefficient (Wildman–Crippen LogP) is 1.60. The molecule has 2 N–H and O–H groups in total. The van der Waals surface area contributed by atoms with Crippen molar-refractivity contribution in [3.05, 3.63) is 0 Å². The Bertz CT molecular complexity index is 411. The molecule has 22 heavy (non-hydrogen) atoms. The molecule has 8 heteroatoms. The van der Waals surface area contributed by atoms with Crippen molar-refractivity contribution in [3.63, 3.8) is 0 Å². The molecule has 1 fully saturated rings. The number of nitrogens with zero attached hydrogens (tertiary/aromatic N) is 1. The summed E-state index contributed by atoms with van der Waals surface area (Å²) in [4.78, 5) is 25.5. The third-order valence-corrected chi connectivity index (χ3v) is 3.81. The SMILES string of the molecule is CCCC(=O)N1CCCCC1C(=O)NCC(C)(O)C(F)(F)F. The van der Waals surface area contributed by atoms with E-state index in [-0.39, 0.29) is 5.91 Å². The summed E-state index contributed by atoms with van der Waals surface area (Å²) in [7, 11) is 0. The first-order valence-electron chi connectivity index (χ1n) is 7.46. The van der Waals surface area contributed by atoms with E-state index in [2.05, 4.69) is 5.32 Å². The molecule has 2 unspecified atom stereocenters. The molecule has 0 radical (unpaired) electrons. The zero-order chi connectivity index (χ0) is 17.0. The number of nitrogens with one attached hydrogen (secondary N) is 1. The quantitative estimate of drug-likeness (QED) is 0.807. The zero-order valence-corrected chi connectivity index (χ0v) is 12.9. The van der Waals surface area contributed by atoms with E-state index in [4.69, 9.17) is 0 Å². The monoisotopic (exact) mass is 324 g/mol. The average Bonchev–Trinajstić information content (AvgIpc) is 2.44. The van der Waals surface area contributed by atoms with Crippen LogP contribution in [0.1, 0.15) is 46.0 Å². The number of rotatable bonds is 5. The van der Waals surface area contributed by atoms with Crippen molar-refractivity contribution in [2.24, 2.45) is 0 Å². The van der Waals surface area contributed by atoms with Crippen LogP contribution in [0.15, 0.2) is 0 Å². The third-order valence-electron chi connectivity index (χ3n) is 3.81. The maximum absolute atomic E-state index is 12.6. The minimum atomic E-state index is -4.83. The normalized spacial score (nSPS) is 22.1. The number of hydrogen-bond donors (Lipinski definition) is 2. The molecule has 0 aromatic carbocycles. The van der Waals surface area contributed by atoms with Crippen molar-refractivity contribution in [2.75, 3.05) is 13.1 Å². The van der Waals surface area contributed by atoms with Crippen LogP contribution in [-0.4, -0.2) is 52.7 Å². The van der Waals surface area contributed by atoms with Crippen molar-refractivity contribution in [1.82, 2.24) is 10.2 Å². The Kier molecular flexibility index (Phi) is 6.22. The van der Waals surface area contributed by atoms with Gasteiger partial charge in [-0.2, -0.15) is 13.2 Å². The lowest BCUT2D eigenvalue weighted by molar-refractivity contribution is -0.250. The van der Waals surface area contributed by atoms with E-state index in [0.29, 0.717) is 32.7 Å². The number of amides is 2. The minimum absolute atomic E-state index is 0.162. The summed E-state index contributed by atoms with van der Waals surface area (Å²) in [6.45, 7) is 1.96. The van der Waals surface area contributed by atoms with Crippen LogP contribution in [-0.2, 0) is 9.59 Å². The van der Waals surface area contributed by atoms with Crippen LogP contribution in [0.5, 0.6) is 0 Å². The van der Waals surface area contributed by atoms with Gasteiger partial charge >= 0.3 is 6.18 Å². The maximum Gasteiger partial charge on any atom is 0.418 e.